The zero-order valence-electron chi connectivity index (χ0n) is 11.7. The second-order valence-corrected chi connectivity index (χ2v) is 5.76. The molecule has 118 valence electrons. The summed E-state index contributed by atoms with van der Waals surface area (Å²) >= 11 is 1.01. The lowest BCUT2D eigenvalue weighted by Gasteiger charge is -2.08. The van der Waals surface area contributed by atoms with Crippen LogP contribution in [0.15, 0.2) is 15.7 Å². The van der Waals surface area contributed by atoms with Gasteiger partial charge >= 0.3 is 23.2 Å². The van der Waals surface area contributed by atoms with E-state index in [4.69, 9.17) is 9.84 Å². The topological polar surface area (TPSA) is 127 Å². The maximum Gasteiger partial charge on any atom is 0.407 e. The minimum Gasteiger partial charge on any atom is -0.478 e. The molecule has 0 saturated carbocycles. The first kappa shape index (κ1) is 15.8. The minimum absolute atomic E-state index is 0.0695. The molecule has 1 amide bonds. The van der Waals surface area contributed by atoms with E-state index in [0.29, 0.717) is 9.55 Å². The Morgan fingerprint density at radius 2 is 2.00 bits per heavy atom. The number of thiophene rings is 1. The number of aromatic nitrogens is 1. The van der Waals surface area contributed by atoms with Gasteiger partial charge in [-0.2, -0.15) is 4.68 Å². The van der Waals surface area contributed by atoms with Gasteiger partial charge in [0.25, 0.3) is 0 Å². The molecule has 0 fully saturated rings. The van der Waals surface area contributed by atoms with Crippen molar-refractivity contribution in [2.24, 2.45) is 0 Å². The molecule has 0 radical (unpaired) electrons. The van der Waals surface area contributed by atoms with E-state index < -0.39 is 23.2 Å². The van der Waals surface area contributed by atoms with Crippen molar-refractivity contribution >= 4 is 28.4 Å². The summed E-state index contributed by atoms with van der Waals surface area (Å²) in [6, 6.07) is 1.35. The van der Waals surface area contributed by atoms with Crippen LogP contribution in [-0.2, 0) is 11.3 Å². The van der Waals surface area contributed by atoms with Gasteiger partial charge in [-0.15, -0.1) is 11.3 Å². The highest BCUT2D eigenvalue weighted by atomic mass is 32.1. The summed E-state index contributed by atoms with van der Waals surface area (Å²) < 4.78 is 5.60. The van der Waals surface area contributed by atoms with Crippen LogP contribution in [0.4, 0.5) is 9.80 Å². The van der Waals surface area contributed by atoms with Crippen molar-refractivity contribution in [1.29, 1.82) is 0 Å². The van der Waals surface area contributed by atoms with E-state index in [-0.39, 0.29) is 23.2 Å². The van der Waals surface area contributed by atoms with Gasteiger partial charge in [-0.1, -0.05) is 0 Å². The Balaban J connectivity index is 2.08. The van der Waals surface area contributed by atoms with Gasteiger partial charge in [-0.3, -0.25) is 15.0 Å². The number of hydrogen-bond donors (Lipinski definition) is 3. The molecule has 22 heavy (non-hydrogen) atoms. The van der Waals surface area contributed by atoms with Gasteiger partial charge in [0.15, 0.2) is 0 Å². The van der Waals surface area contributed by atoms with Crippen LogP contribution in [0.3, 0.4) is 0 Å². The van der Waals surface area contributed by atoms with E-state index >= 15 is 0 Å². The number of carbonyl (C=O) groups is 2. The van der Waals surface area contributed by atoms with Crippen LogP contribution in [-0.4, -0.2) is 27.9 Å². The minimum atomic E-state index is -1.21. The van der Waals surface area contributed by atoms with Crippen molar-refractivity contribution in [3.8, 4) is 0 Å². The summed E-state index contributed by atoms with van der Waals surface area (Å²) in [6.07, 6.45) is -0.888. The summed E-state index contributed by atoms with van der Waals surface area (Å²) in [4.78, 5) is 44.9. The lowest BCUT2D eigenvalue weighted by Crippen LogP contribution is -2.25. The molecule has 0 aromatic carbocycles. The number of carbonyl (C=O) groups excluding carboxylic acids is 1. The van der Waals surface area contributed by atoms with Gasteiger partial charge in [0.1, 0.15) is 5.00 Å². The number of nitrogens with zero attached hydrogens (tertiary/aromatic N) is 1. The molecule has 2 aromatic heterocycles. The number of rotatable bonds is 6. The third-order valence-electron chi connectivity index (χ3n) is 2.52. The fourth-order valence-corrected chi connectivity index (χ4v) is 2.50. The van der Waals surface area contributed by atoms with Gasteiger partial charge < -0.3 is 15.2 Å². The summed E-state index contributed by atoms with van der Waals surface area (Å²) in [5.41, 5.74) is 0.879. The summed E-state index contributed by atoms with van der Waals surface area (Å²) in [7, 11) is 0. The number of hydrogen-bond acceptors (Lipinski definition) is 7. The molecule has 0 aliphatic heterocycles. The van der Waals surface area contributed by atoms with Crippen LogP contribution in [0.1, 0.15) is 29.1 Å². The van der Waals surface area contributed by atoms with Crippen LogP contribution in [0.5, 0.6) is 0 Å². The van der Waals surface area contributed by atoms with Crippen molar-refractivity contribution in [3.05, 3.63) is 37.2 Å². The fraction of sp³-hybridized carbons (Fsp3) is 0.333. The predicted octanol–water partition coefficient (Wildman–Crippen LogP) is 0.354. The Morgan fingerprint density at radius 1 is 1.36 bits per heavy atom. The number of nitrogens with one attached hydrogen (secondary N) is 2. The van der Waals surface area contributed by atoms with E-state index in [0.717, 1.165) is 11.3 Å². The Hall–Kier alpha value is -2.62. The molecule has 9 nitrogen and oxygen atoms in total. The Labute approximate surface area is 127 Å². The average Bonchev–Trinajstić information content (AvgIpc) is 2.85. The first-order valence-electron chi connectivity index (χ1n) is 6.25. The molecule has 0 unspecified atom stereocenters. The molecule has 0 aliphatic carbocycles. The lowest BCUT2D eigenvalue weighted by molar-refractivity contribution is 0.0698. The highest BCUT2D eigenvalue weighted by molar-refractivity contribution is 7.16. The summed E-state index contributed by atoms with van der Waals surface area (Å²) in [5, 5.41) is 11.7. The van der Waals surface area contributed by atoms with Crippen LogP contribution in [0.2, 0.25) is 0 Å². The zero-order chi connectivity index (χ0) is 16.4. The number of carboxylic acids is 1. The normalized spacial score (nSPS) is 10.9. The number of aromatic carboxylic acids is 1. The summed E-state index contributed by atoms with van der Waals surface area (Å²) in [6.45, 7) is 3.47. The molecule has 2 heterocycles. The van der Waals surface area contributed by atoms with Crippen molar-refractivity contribution < 1.29 is 19.4 Å². The van der Waals surface area contributed by atoms with Crippen LogP contribution in [0, 0.1) is 0 Å². The predicted molar refractivity (Wildman–Crippen MR) is 78.1 cm³/mol. The Morgan fingerprint density at radius 3 is 2.50 bits per heavy atom. The third kappa shape index (κ3) is 3.52. The second-order valence-electron chi connectivity index (χ2n) is 4.63. The van der Waals surface area contributed by atoms with Crippen LogP contribution in [0.25, 0.3) is 0 Å². The van der Waals surface area contributed by atoms with E-state index in [2.05, 4.69) is 10.7 Å². The number of amides is 1. The SMILES string of the molecule is CC(C)OC(=O)NCc1cc(C(=O)O)c(Nn2c(=O)c2=O)s1. The summed E-state index contributed by atoms with van der Waals surface area (Å²) in [5.74, 6) is -1.21. The molecular formula is C12H13N3O6S. The highest BCUT2D eigenvalue weighted by Crippen LogP contribution is 2.28. The number of ether oxygens (including phenoxy) is 1. The Kier molecular flexibility index (Phi) is 4.31. The molecular weight excluding hydrogens is 314 g/mol. The van der Waals surface area contributed by atoms with E-state index in [9.17, 15) is 19.2 Å². The molecule has 0 aliphatic rings. The van der Waals surface area contributed by atoms with Gasteiger partial charge in [-0.05, 0) is 19.9 Å². The largest absolute Gasteiger partial charge is 0.478 e. The smallest absolute Gasteiger partial charge is 0.407 e. The zero-order valence-corrected chi connectivity index (χ0v) is 12.5. The highest BCUT2D eigenvalue weighted by Gasteiger charge is 2.21. The van der Waals surface area contributed by atoms with E-state index in [1.807, 2.05) is 0 Å². The molecule has 2 aromatic rings. The molecule has 0 atom stereocenters. The van der Waals surface area contributed by atoms with E-state index in [1.165, 1.54) is 6.07 Å². The molecule has 0 spiro atoms. The number of alkyl carbamates (subject to hydrolysis) is 1. The Bertz CT molecular complexity index is 758. The van der Waals surface area contributed by atoms with Crippen molar-refractivity contribution in [3.63, 3.8) is 0 Å². The second kappa shape index (κ2) is 6.02. The lowest BCUT2D eigenvalue weighted by atomic mass is 10.3. The van der Waals surface area contributed by atoms with Crippen LogP contribution < -0.4 is 21.9 Å². The third-order valence-corrected chi connectivity index (χ3v) is 3.56. The maximum absolute atomic E-state index is 11.4. The number of anilines is 1. The van der Waals surface area contributed by atoms with Gasteiger partial charge in [-0.25, -0.2) is 9.59 Å². The van der Waals surface area contributed by atoms with Crippen LogP contribution >= 0.6 is 11.3 Å². The molecule has 10 heteroatoms. The average molecular weight is 327 g/mol. The van der Waals surface area contributed by atoms with Crippen molar-refractivity contribution in [2.45, 2.75) is 26.5 Å². The molecule has 3 N–H and O–H groups in total. The van der Waals surface area contributed by atoms with Gasteiger partial charge in [0, 0.05) is 4.88 Å². The van der Waals surface area contributed by atoms with Crippen molar-refractivity contribution in [2.75, 3.05) is 5.43 Å². The van der Waals surface area contributed by atoms with Gasteiger partial charge in [0.05, 0.1) is 18.2 Å². The molecule has 0 saturated heterocycles. The first-order valence-corrected chi connectivity index (χ1v) is 7.06. The first-order chi connectivity index (χ1) is 10.3. The maximum atomic E-state index is 11.4. The molecule has 2 rings (SSSR count). The van der Waals surface area contributed by atoms with E-state index in [1.54, 1.807) is 13.8 Å². The standard InChI is InChI=1S/C12H13N3O6S/c1-5(2)21-12(20)13-4-6-3-7(11(18)19)8(22-6)14-15-9(16)10(15)17/h3,5,14H,4H2,1-2H3,(H,13,20)(H,18,19). The number of carboxylic acid groups (broad SMARTS) is 1. The fourth-order valence-electron chi connectivity index (χ4n) is 1.52. The molecule has 0 bridgehead atoms. The quantitative estimate of drug-likeness (QED) is 0.653. The monoisotopic (exact) mass is 327 g/mol. The van der Waals surface area contributed by atoms with Crippen molar-refractivity contribution in [1.82, 2.24) is 9.99 Å². The van der Waals surface area contributed by atoms with Gasteiger partial charge in [0.2, 0.25) is 0 Å².